The summed E-state index contributed by atoms with van der Waals surface area (Å²) in [5.74, 6) is 0.0799. The average Bonchev–Trinajstić information content (AvgIpc) is 2.92. The van der Waals surface area contributed by atoms with E-state index in [1.807, 2.05) is 0 Å². The number of rotatable bonds is 2. The second-order valence-corrected chi connectivity index (χ2v) is 5.50. The molecule has 2 N–H and O–H groups in total. The van der Waals surface area contributed by atoms with Crippen LogP contribution in [0.2, 0.25) is 0 Å². The smallest absolute Gasteiger partial charge is 0.241 e. The Kier molecular flexibility index (Phi) is 2.67. The second-order valence-electron chi connectivity index (χ2n) is 4.65. The van der Waals surface area contributed by atoms with Gasteiger partial charge in [-0.15, -0.1) is 0 Å². The summed E-state index contributed by atoms with van der Waals surface area (Å²) in [6.45, 7) is 0. The minimum Gasteiger partial charge on any atom is -0.322 e. The lowest BCUT2D eigenvalue weighted by Crippen LogP contribution is -2.38. The van der Waals surface area contributed by atoms with Gasteiger partial charge in [0.15, 0.2) is 5.82 Å². The Bertz CT molecular complexity index is 470. The highest BCUT2D eigenvalue weighted by Crippen LogP contribution is 2.40. The number of benzene rings is 1. The molecule has 1 aromatic carbocycles. The summed E-state index contributed by atoms with van der Waals surface area (Å²) in [5.41, 5.74) is 0.228. The number of anilines is 1. The summed E-state index contributed by atoms with van der Waals surface area (Å²) < 4.78 is 14.0. The molecule has 3 nitrogen and oxygen atoms in total. The third kappa shape index (κ3) is 2.09. The molecule has 3 rings (SSSR count). The number of hydrogen-bond donors (Lipinski definition) is 2. The molecule has 17 heavy (non-hydrogen) atoms. The molecule has 0 bridgehead atoms. The average molecular weight is 299 g/mol. The Morgan fingerprint density at radius 2 is 2.29 bits per heavy atom. The number of carbonyl (C=O) groups is 1. The standard InChI is InChI=1S/C12H12BrFN2O/c13-7-2-1-3-8(11(7)14)16-12(17)10-5-6-4-9(6)15-10/h1-3,6,9-10,15H,4-5H2,(H,16,17). The van der Waals surface area contributed by atoms with Crippen molar-refractivity contribution in [3.63, 3.8) is 0 Å². The van der Waals surface area contributed by atoms with Gasteiger partial charge in [0.05, 0.1) is 16.2 Å². The van der Waals surface area contributed by atoms with Crippen LogP contribution in [0.3, 0.4) is 0 Å². The zero-order valence-electron chi connectivity index (χ0n) is 9.04. The highest BCUT2D eigenvalue weighted by Gasteiger charge is 2.47. The van der Waals surface area contributed by atoms with Gasteiger partial charge in [0.2, 0.25) is 5.91 Å². The van der Waals surface area contributed by atoms with E-state index in [2.05, 4.69) is 26.6 Å². The molecule has 90 valence electrons. The van der Waals surface area contributed by atoms with E-state index in [9.17, 15) is 9.18 Å². The molecule has 2 aliphatic rings. The molecule has 1 aliphatic heterocycles. The van der Waals surface area contributed by atoms with Gasteiger partial charge in [-0.1, -0.05) is 6.07 Å². The van der Waals surface area contributed by atoms with Crippen LogP contribution in [0.4, 0.5) is 10.1 Å². The monoisotopic (exact) mass is 298 g/mol. The summed E-state index contributed by atoms with van der Waals surface area (Å²) in [5, 5.41) is 5.86. The molecule has 0 aromatic heterocycles. The Balaban J connectivity index is 1.69. The van der Waals surface area contributed by atoms with Gasteiger partial charge in [0.1, 0.15) is 0 Å². The van der Waals surface area contributed by atoms with Crippen LogP contribution in [0.25, 0.3) is 0 Å². The van der Waals surface area contributed by atoms with Crippen molar-refractivity contribution >= 4 is 27.5 Å². The number of carbonyl (C=O) groups excluding carboxylic acids is 1. The SMILES string of the molecule is O=C(Nc1cccc(Br)c1F)C1CC2CC2N1. The van der Waals surface area contributed by atoms with Gasteiger partial charge < -0.3 is 10.6 Å². The van der Waals surface area contributed by atoms with E-state index < -0.39 is 5.82 Å². The zero-order valence-corrected chi connectivity index (χ0v) is 10.6. The summed E-state index contributed by atoms with van der Waals surface area (Å²) in [4.78, 5) is 11.9. The second kappa shape index (κ2) is 4.07. The van der Waals surface area contributed by atoms with Crippen LogP contribution in [-0.2, 0) is 4.79 Å². The minimum absolute atomic E-state index is 0.144. The fraction of sp³-hybridized carbons (Fsp3) is 0.417. The summed E-state index contributed by atoms with van der Waals surface area (Å²) in [6, 6.07) is 5.21. The molecule has 1 aliphatic carbocycles. The summed E-state index contributed by atoms with van der Waals surface area (Å²) in [7, 11) is 0. The zero-order chi connectivity index (χ0) is 12.0. The summed E-state index contributed by atoms with van der Waals surface area (Å²) in [6.07, 6.45) is 2.04. The lowest BCUT2D eigenvalue weighted by Gasteiger charge is -2.14. The molecule has 1 saturated carbocycles. The molecule has 0 radical (unpaired) electrons. The van der Waals surface area contributed by atoms with Gasteiger partial charge in [0.25, 0.3) is 0 Å². The van der Waals surface area contributed by atoms with Crippen molar-refractivity contribution in [3.8, 4) is 0 Å². The van der Waals surface area contributed by atoms with Gasteiger partial charge in [-0.2, -0.15) is 0 Å². The quantitative estimate of drug-likeness (QED) is 0.879. The first-order valence-corrected chi connectivity index (χ1v) is 6.45. The Hall–Kier alpha value is -0.940. The van der Waals surface area contributed by atoms with E-state index >= 15 is 0 Å². The van der Waals surface area contributed by atoms with Crippen molar-refractivity contribution < 1.29 is 9.18 Å². The van der Waals surface area contributed by atoms with Crippen molar-refractivity contribution in [2.45, 2.75) is 24.9 Å². The van der Waals surface area contributed by atoms with Crippen LogP contribution in [0.5, 0.6) is 0 Å². The van der Waals surface area contributed by atoms with Gasteiger partial charge in [-0.25, -0.2) is 4.39 Å². The predicted octanol–water partition coefficient (Wildman–Crippen LogP) is 2.28. The maximum atomic E-state index is 13.7. The normalized spacial score (nSPS) is 29.9. The van der Waals surface area contributed by atoms with E-state index in [1.165, 1.54) is 6.42 Å². The van der Waals surface area contributed by atoms with Crippen LogP contribution in [-0.4, -0.2) is 18.0 Å². The van der Waals surface area contributed by atoms with Crippen molar-refractivity contribution in [1.82, 2.24) is 5.32 Å². The number of hydrogen-bond acceptors (Lipinski definition) is 2. The van der Waals surface area contributed by atoms with Gasteiger partial charge in [0, 0.05) is 6.04 Å². The predicted molar refractivity (Wildman–Crippen MR) is 66.2 cm³/mol. The third-order valence-corrected chi connectivity index (χ3v) is 4.01. The van der Waals surface area contributed by atoms with Gasteiger partial charge in [-0.3, -0.25) is 4.79 Å². The lowest BCUT2D eigenvalue weighted by atomic mass is 10.1. The minimum atomic E-state index is -0.427. The highest BCUT2D eigenvalue weighted by molar-refractivity contribution is 9.10. The number of fused-ring (bicyclic) bond motifs is 1. The Morgan fingerprint density at radius 1 is 1.47 bits per heavy atom. The first-order chi connectivity index (χ1) is 8.15. The van der Waals surface area contributed by atoms with Crippen LogP contribution in [0.1, 0.15) is 12.8 Å². The molecule has 0 spiro atoms. The van der Waals surface area contributed by atoms with Gasteiger partial charge >= 0.3 is 0 Å². The Labute approximate surface area is 107 Å². The fourth-order valence-electron chi connectivity index (χ4n) is 2.34. The highest BCUT2D eigenvalue weighted by atomic mass is 79.9. The molecule has 1 aromatic rings. The number of nitrogens with one attached hydrogen (secondary N) is 2. The van der Waals surface area contributed by atoms with E-state index in [0.29, 0.717) is 16.4 Å². The summed E-state index contributed by atoms with van der Waals surface area (Å²) >= 11 is 3.09. The van der Waals surface area contributed by atoms with Crippen LogP contribution in [0.15, 0.2) is 22.7 Å². The molecule has 5 heteroatoms. The Morgan fingerprint density at radius 3 is 3.00 bits per heavy atom. The number of halogens is 2. The van der Waals surface area contributed by atoms with Gasteiger partial charge in [-0.05, 0) is 46.8 Å². The molecule has 2 fully saturated rings. The van der Waals surface area contributed by atoms with Crippen LogP contribution < -0.4 is 10.6 Å². The largest absolute Gasteiger partial charge is 0.322 e. The van der Waals surface area contributed by atoms with E-state index in [-0.39, 0.29) is 17.6 Å². The lowest BCUT2D eigenvalue weighted by molar-refractivity contribution is -0.118. The van der Waals surface area contributed by atoms with E-state index in [0.717, 1.165) is 6.42 Å². The van der Waals surface area contributed by atoms with Crippen LogP contribution >= 0.6 is 15.9 Å². The topological polar surface area (TPSA) is 41.1 Å². The molecule has 1 saturated heterocycles. The van der Waals surface area contributed by atoms with Crippen molar-refractivity contribution in [3.05, 3.63) is 28.5 Å². The molecular formula is C12H12BrFN2O. The molecule has 1 heterocycles. The van der Waals surface area contributed by atoms with Crippen molar-refractivity contribution in [2.24, 2.45) is 5.92 Å². The van der Waals surface area contributed by atoms with E-state index in [1.54, 1.807) is 18.2 Å². The maximum absolute atomic E-state index is 13.7. The van der Waals surface area contributed by atoms with Crippen molar-refractivity contribution in [1.29, 1.82) is 0 Å². The third-order valence-electron chi connectivity index (χ3n) is 3.40. The first-order valence-electron chi connectivity index (χ1n) is 5.66. The molecular weight excluding hydrogens is 287 g/mol. The fourth-order valence-corrected chi connectivity index (χ4v) is 2.71. The van der Waals surface area contributed by atoms with Crippen molar-refractivity contribution in [2.75, 3.05) is 5.32 Å². The molecule has 1 amide bonds. The maximum Gasteiger partial charge on any atom is 0.241 e. The molecule has 3 atom stereocenters. The van der Waals surface area contributed by atoms with E-state index in [4.69, 9.17) is 0 Å². The first kappa shape index (κ1) is 11.2. The number of piperidine rings is 1. The molecule has 3 unspecified atom stereocenters. The number of amides is 1. The van der Waals surface area contributed by atoms with Crippen LogP contribution in [0, 0.1) is 11.7 Å².